The van der Waals surface area contributed by atoms with Crippen LogP contribution < -0.4 is 10.2 Å². The van der Waals surface area contributed by atoms with Gasteiger partial charge in [0.1, 0.15) is 0 Å². The first-order valence-electron chi connectivity index (χ1n) is 8.23. The van der Waals surface area contributed by atoms with Gasteiger partial charge < -0.3 is 15.3 Å². The lowest BCUT2D eigenvalue weighted by Gasteiger charge is -2.29. The molecular weight excluding hydrogens is 308 g/mol. The van der Waals surface area contributed by atoms with Gasteiger partial charge in [0.25, 0.3) is 0 Å². The highest BCUT2D eigenvalue weighted by atomic mass is 16.4. The number of fused-ring (bicyclic) bond motifs is 1. The number of para-hydroxylation sites is 1. The van der Waals surface area contributed by atoms with E-state index in [9.17, 15) is 14.4 Å². The molecule has 1 heterocycles. The summed E-state index contributed by atoms with van der Waals surface area (Å²) in [4.78, 5) is 37.6. The van der Waals surface area contributed by atoms with E-state index < -0.39 is 23.2 Å². The molecule has 2 atom stereocenters. The molecule has 1 aromatic rings. The Morgan fingerprint density at radius 3 is 2.62 bits per heavy atom. The molecular formula is C18H22N2O4. The van der Waals surface area contributed by atoms with Crippen molar-refractivity contribution in [3.63, 3.8) is 0 Å². The van der Waals surface area contributed by atoms with Crippen molar-refractivity contribution in [2.75, 3.05) is 18.0 Å². The van der Waals surface area contributed by atoms with Gasteiger partial charge in [0, 0.05) is 12.2 Å². The third-order valence-corrected chi connectivity index (χ3v) is 5.20. The number of amides is 2. The van der Waals surface area contributed by atoms with Crippen LogP contribution in [0.2, 0.25) is 0 Å². The number of hydrogen-bond acceptors (Lipinski definition) is 3. The predicted octanol–water partition coefficient (Wildman–Crippen LogP) is 1.44. The number of nitrogens with zero attached hydrogens (tertiary/aromatic N) is 1. The Labute approximate surface area is 140 Å². The Hall–Kier alpha value is -2.37. The third-order valence-electron chi connectivity index (χ3n) is 5.20. The molecule has 128 valence electrons. The molecule has 0 aromatic heterocycles. The summed E-state index contributed by atoms with van der Waals surface area (Å²) in [6.45, 7) is 4.06. The van der Waals surface area contributed by atoms with Crippen molar-refractivity contribution in [3.8, 4) is 0 Å². The van der Waals surface area contributed by atoms with Crippen LogP contribution in [0, 0.1) is 17.3 Å². The zero-order valence-corrected chi connectivity index (χ0v) is 13.9. The zero-order valence-electron chi connectivity index (χ0n) is 13.9. The normalized spacial score (nSPS) is 24.0. The van der Waals surface area contributed by atoms with Crippen molar-refractivity contribution in [1.82, 2.24) is 5.32 Å². The minimum absolute atomic E-state index is 0.105. The van der Waals surface area contributed by atoms with Gasteiger partial charge in [0.15, 0.2) is 0 Å². The number of anilines is 1. The van der Waals surface area contributed by atoms with E-state index in [1.165, 1.54) is 0 Å². The SMILES string of the molecule is CC1(C)[C@H](C(=O)O)[C@@H]1C(=O)NCC(=O)N1CCCc2ccccc21. The molecule has 6 nitrogen and oxygen atoms in total. The Balaban J connectivity index is 1.61. The van der Waals surface area contributed by atoms with Gasteiger partial charge in [-0.05, 0) is 29.9 Å². The second kappa shape index (κ2) is 5.92. The van der Waals surface area contributed by atoms with Crippen LogP contribution in [0.5, 0.6) is 0 Å². The van der Waals surface area contributed by atoms with Crippen LogP contribution >= 0.6 is 0 Å². The van der Waals surface area contributed by atoms with E-state index in [-0.39, 0.29) is 18.4 Å². The molecule has 2 N–H and O–H groups in total. The summed E-state index contributed by atoms with van der Waals surface area (Å²) in [6, 6.07) is 7.78. The standard InChI is InChI=1S/C18H22N2O4/c1-18(2)14(15(18)17(23)24)16(22)19-10-13(21)20-9-5-7-11-6-3-4-8-12(11)20/h3-4,6,8,14-15H,5,7,9-10H2,1-2H3,(H,19,22)(H,23,24)/t14-,15+/m1/s1. The molecule has 24 heavy (non-hydrogen) atoms. The average Bonchev–Trinajstić information content (AvgIpc) is 3.14. The number of aliphatic carboxylic acids is 1. The minimum Gasteiger partial charge on any atom is -0.481 e. The van der Waals surface area contributed by atoms with Crippen LogP contribution in [-0.2, 0) is 20.8 Å². The van der Waals surface area contributed by atoms with Crippen LogP contribution in [0.15, 0.2) is 24.3 Å². The number of nitrogens with one attached hydrogen (secondary N) is 1. The first-order valence-corrected chi connectivity index (χ1v) is 8.23. The second-order valence-corrected chi connectivity index (χ2v) is 7.11. The lowest BCUT2D eigenvalue weighted by molar-refractivity contribution is -0.140. The number of carbonyl (C=O) groups is 3. The average molecular weight is 330 g/mol. The smallest absolute Gasteiger partial charge is 0.307 e. The van der Waals surface area contributed by atoms with Crippen molar-refractivity contribution in [1.29, 1.82) is 0 Å². The first-order chi connectivity index (χ1) is 11.3. The molecule has 2 aliphatic rings. The molecule has 1 saturated carbocycles. The Kier molecular flexibility index (Phi) is 4.07. The van der Waals surface area contributed by atoms with Crippen molar-refractivity contribution < 1.29 is 19.5 Å². The van der Waals surface area contributed by atoms with Crippen LogP contribution in [0.1, 0.15) is 25.8 Å². The van der Waals surface area contributed by atoms with E-state index in [2.05, 4.69) is 5.32 Å². The van der Waals surface area contributed by atoms with E-state index in [1.54, 1.807) is 18.7 Å². The quantitative estimate of drug-likeness (QED) is 0.874. The highest BCUT2D eigenvalue weighted by Crippen LogP contribution is 2.58. The van der Waals surface area contributed by atoms with Crippen molar-refractivity contribution >= 4 is 23.5 Å². The summed E-state index contributed by atoms with van der Waals surface area (Å²) in [6.07, 6.45) is 1.84. The fourth-order valence-corrected chi connectivity index (χ4v) is 3.75. The van der Waals surface area contributed by atoms with Crippen LogP contribution in [0.25, 0.3) is 0 Å². The molecule has 3 rings (SSSR count). The Morgan fingerprint density at radius 2 is 1.96 bits per heavy atom. The summed E-state index contributed by atoms with van der Waals surface area (Å²) >= 11 is 0. The number of rotatable bonds is 4. The topological polar surface area (TPSA) is 86.7 Å². The zero-order chi connectivity index (χ0) is 17.5. The highest BCUT2D eigenvalue weighted by molar-refractivity contribution is 5.99. The molecule has 2 amide bonds. The molecule has 1 aliphatic heterocycles. The minimum atomic E-state index is -0.962. The van der Waals surface area contributed by atoms with E-state index in [0.717, 1.165) is 24.1 Å². The van der Waals surface area contributed by atoms with Crippen LogP contribution in [0.3, 0.4) is 0 Å². The maximum atomic E-state index is 12.5. The lowest BCUT2D eigenvalue weighted by Crippen LogP contribution is -2.43. The number of carbonyl (C=O) groups excluding carboxylic acids is 2. The molecule has 1 aromatic carbocycles. The van der Waals surface area contributed by atoms with E-state index in [0.29, 0.717) is 6.54 Å². The number of carboxylic acids is 1. The summed E-state index contributed by atoms with van der Waals surface area (Å²) in [7, 11) is 0. The number of hydrogen-bond donors (Lipinski definition) is 2. The molecule has 0 bridgehead atoms. The van der Waals surface area contributed by atoms with Crippen molar-refractivity contribution in [2.24, 2.45) is 17.3 Å². The number of aryl methyl sites for hydroxylation is 1. The maximum Gasteiger partial charge on any atom is 0.307 e. The fourth-order valence-electron chi connectivity index (χ4n) is 3.75. The van der Waals surface area contributed by atoms with Gasteiger partial charge in [-0.3, -0.25) is 14.4 Å². The highest BCUT2D eigenvalue weighted by Gasteiger charge is 2.65. The van der Waals surface area contributed by atoms with Crippen LogP contribution in [0.4, 0.5) is 5.69 Å². The second-order valence-electron chi connectivity index (χ2n) is 7.11. The van der Waals surface area contributed by atoms with Gasteiger partial charge in [0.05, 0.1) is 18.4 Å². The maximum absolute atomic E-state index is 12.5. The van der Waals surface area contributed by atoms with Crippen molar-refractivity contribution in [3.05, 3.63) is 29.8 Å². The Morgan fingerprint density at radius 1 is 1.25 bits per heavy atom. The molecule has 1 fully saturated rings. The fraction of sp³-hybridized carbons (Fsp3) is 0.500. The summed E-state index contributed by atoms with van der Waals surface area (Å²) in [5.41, 5.74) is 1.48. The number of benzene rings is 1. The monoisotopic (exact) mass is 330 g/mol. The molecule has 0 radical (unpaired) electrons. The molecule has 0 saturated heterocycles. The van der Waals surface area contributed by atoms with Gasteiger partial charge in [-0.2, -0.15) is 0 Å². The van der Waals surface area contributed by atoms with Gasteiger partial charge in [-0.15, -0.1) is 0 Å². The van der Waals surface area contributed by atoms with Gasteiger partial charge in [-0.25, -0.2) is 0 Å². The summed E-state index contributed by atoms with van der Waals surface area (Å²) in [5, 5.41) is 11.8. The molecule has 6 heteroatoms. The van der Waals surface area contributed by atoms with E-state index in [1.807, 2.05) is 24.3 Å². The summed E-state index contributed by atoms with van der Waals surface area (Å²) in [5.74, 6) is -2.73. The van der Waals surface area contributed by atoms with E-state index >= 15 is 0 Å². The predicted molar refractivity (Wildman–Crippen MR) is 88.5 cm³/mol. The largest absolute Gasteiger partial charge is 0.481 e. The van der Waals surface area contributed by atoms with Crippen LogP contribution in [-0.4, -0.2) is 36.0 Å². The summed E-state index contributed by atoms with van der Waals surface area (Å²) < 4.78 is 0. The van der Waals surface area contributed by atoms with Gasteiger partial charge >= 0.3 is 5.97 Å². The van der Waals surface area contributed by atoms with Gasteiger partial charge in [-0.1, -0.05) is 32.0 Å². The first kappa shape index (κ1) is 16.5. The lowest BCUT2D eigenvalue weighted by atomic mass is 10.0. The Bertz CT molecular complexity index is 698. The molecule has 0 spiro atoms. The van der Waals surface area contributed by atoms with E-state index in [4.69, 9.17) is 5.11 Å². The van der Waals surface area contributed by atoms with Crippen molar-refractivity contribution in [2.45, 2.75) is 26.7 Å². The number of carboxylic acid groups (broad SMARTS) is 1. The molecule has 1 aliphatic carbocycles. The third kappa shape index (κ3) is 2.77. The molecule has 0 unspecified atom stereocenters. The van der Waals surface area contributed by atoms with Gasteiger partial charge in [0.2, 0.25) is 11.8 Å².